The molecule has 26 heavy (non-hydrogen) atoms. The molecule has 2 heterocycles. The molecule has 1 saturated heterocycles. The smallest absolute Gasteiger partial charge is 0.338 e. The minimum absolute atomic E-state index is 0.0894. The molecular weight excluding hydrogens is 376 g/mol. The second kappa shape index (κ2) is 7.82. The zero-order valence-corrected chi connectivity index (χ0v) is 16.3. The summed E-state index contributed by atoms with van der Waals surface area (Å²) in [4.78, 5) is 31.5. The number of carbonyl (C=O) groups is 2. The first-order chi connectivity index (χ1) is 12.4. The number of allylic oxidation sites excluding steroid dienone is 1. The van der Waals surface area contributed by atoms with E-state index in [0.29, 0.717) is 28.1 Å². The van der Waals surface area contributed by atoms with E-state index in [0.717, 1.165) is 5.56 Å². The number of amidine groups is 1. The third kappa shape index (κ3) is 3.51. The number of fused-ring (bicyclic) bond motifs is 1. The molecule has 2 aliphatic heterocycles. The van der Waals surface area contributed by atoms with Gasteiger partial charge in [0.15, 0.2) is 5.17 Å². The minimum atomic E-state index is -0.610. The molecule has 0 bridgehead atoms. The van der Waals surface area contributed by atoms with Crippen molar-refractivity contribution >= 4 is 40.4 Å². The number of esters is 1. The van der Waals surface area contributed by atoms with Crippen LogP contribution in [0.15, 0.2) is 40.5 Å². The van der Waals surface area contributed by atoms with Crippen LogP contribution in [-0.4, -0.2) is 47.5 Å². The number of nitrogens with zero attached hydrogens (tertiary/aromatic N) is 2. The average Bonchev–Trinajstić information content (AvgIpc) is 2.87. The normalized spacial score (nSPS) is 22.4. The number of methoxy groups -OCH3 is 1. The topological polar surface area (TPSA) is 68.2 Å². The Balaban J connectivity index is 2.05. The number of amides is 1. The van der Waals surface area contributed by atoms with Gasteiger partial charge in [-0.2, -0.15) is 0 Å². The Bertz CT molecular complexity index is 808. The first kappa shape index (κ1) is 18.9. The summed E-state index contributed by atoms with van der Waals surface area (Å²) in [7, 11) is 1.53. The van der Waals surface area contributed by atoms with Gasteiger partial charge in [0.1, 0.15) is 6.61 Å². The molecule has 6 nitrogen and oxygen atoms in total. The molecule has 0 radical (unpaired) electrons. The molecule has 2 aliphatic rings. The van der Waals surface area contributed by atoms with Crippen molar-refractivity contribution in [3.05, 3.63) is 46.1 Å². The Labute approximate surface area is 161 Å². The highest BCUT2D eigenvalue weighted by Gasteiger charge is 2.46. The van der Waals surface area contributed by atoms with Crippen molar-refractivity contribution in [3.8, 4) is 0 Å². The van der Waals surface area contributed by atoms with Crippen molar-refractivity contribution in [2.75, 3.05) is 20.3 Å². The highest BCUT2D eigenvalue weighted by molar-refractivity contribution is 8.15. The summed E-state index contributed by atoms with van der Waals surface area (Å²) in [6, 6.07) is 6.53. The number of halogens is 1. The predicted octanol–water partition coefficient (Wildman–Crippen LogP) is 3.18. The number of hydrogen-bond donors (Lipinski definition) is 0. The van der Waals surface area contributed by atoms with Crippen molar-refractivity contribution in [1.29, 1.82) is 0 Å². The van der Waals surface area contributed by atoms with Gasteiger partial charge in [-0.1, -0.05) is 35.5 Å². The van der Waals surface area contributed by atoms with E-state index < -0.39 is 12.0 Å². The average molecular weight is 395 g/mol. The summed E-state index contributed by atoms with van der Waals surface area (Å²) in [5, 5.41) is 0.870. The lowest BCUT2D eigenvalue weighted by Gasteiger charge is -2.33. The largest absolute Gasteiger partial charge is 0.460 e. The number of hydrogen-bond acceptors (Lipinski definition) is 6. The van der Waals surface area contributed by atoms with Crippen LogP contribution in [0, 0.1) is 0 Å². The molecule has 0 N–H and O–H groups in total. The van der Waals surface area contributed by atoms with Crippen LogP contribution in [0.1, 0.15) is 25.5 Å². The van der Waals surface area contributed by atoms with Crippen molar-refractivity contribution in [1.82, 2.24) is 4.90 Å². The number of ether oxygens (including phenoxy) is 2. The second-order valence-electron chi connectivity index (χ2n) is 5.95. The fourth-order valence-corrected chi connectivity index (χ4v) is 4.18. The summed E-state index contributed by atoms with van der Waals surface area (Å²) in [5.41, 5.74) is 1.62. The first-order valence-electron chi connectivity index (χ1n) is 8.14. The molecule has 2 unspecified atom stereocenters. The van der Waals surface area contributed by atoms with Gasteiger partial charge in [-0.3, -0.25) is 9.69 Å². The molecule has 2 atom stereocenters. The third-order valence-electron chi connectivity index (χ3n) is 4.16. The van der Waals surface area contributed by atoms with E-state index in [1.807, 2.05) is 13.0 Å². The van der Waals surface area contributed by atoms with E-state index in [4.69, 9.17) is 21.1 Å². The van der Waals surface area contributed by atoms with Gasteiger partial charge in [0.2, 0.25) is 5.91 Å². The first-order valence-corrected chi connectivity index (χ1v) is 9.40. The molecule has 0 spiro atoms. The highest BCUT2D eigenvalue weighted by Crippen LogP contribution is 2.43. The number of aliphatic imine (C=N–C) groups is 1. The Kier molecular flexibility index (Phi) is 5.70. The number of carbonyl (C=O) groups excluding carboxylic acids is 2. The number of thioether (sulfide) groups is 1. The van der Waals surface area contributed by atoms with Gasteiger partial charge < -0.3 is 9.47 Å². The van der Waals surface area contributed by atoms with Gasteiger partial charge in [-0.05, 0) is 31.5 Å². The summed E-state index contributed by atoms with van der Waals surface area (Å²) in [6.45, 7) is 4.01. The molecule has 1 aromatic rings. The van der Waals surface area contributed by atoms with Crippen LogP contribution in [0.5, 0.6) is 0 Å². The lowest BCUT2D eigenvalue weighted by molar-refractivity contribution is -0.141. The molecular formula is C18H19ClN2O4S. The molecule has 1 amide bonds. The maximum absolute atomic E-state index is 12.7. The zero-order chi connectivity index (χ0) is 18.8. The summed E-state index contributed by atoms with van der Waals surface area (Å²) >= 11 is 7.54. The van der Waals surface area contributed by atoms with Crippen LogP contribution in [0.3, 0.4) is 0 Å². The molecule has 8 heteroatoms. The van der Waals surface area contributed by atoms with Crippen molar-refractivity contribution in [3.63, 3.8) is 0 Å². The molecule has 0 saturated carbocycles. The molecule has 1 fully saturated rings. The molecule has 0 aliphatic carbocycles. The number of rotatable bonds is 5. The van der Waals surface area contributed by atoms with Gasteiger partial charge in [-0.25, -0.2) is 9.79 Å². The summed E-state index contributed by atoms with van der Waals surface area (Å²) in [6.07, 6.45) is 0. The van der Waals surface area contributed by atoms with E-state index in [1.165, 1.54) is 18.9 Å². The van der Waals surface area contributed by atoms with Crippen LogP contribution in [-0.2, 0) is 19.1 Å². The maximum atomic E-state index is 12.7. The van der Waals surface area contributed by atoms with Gasteiger partial charge in [-0.15, -0.1) is 0 Å². The highest BCUT2D eigenvalue weighted by atomic mass is 35.5. The monoisotopic (exact) mass is 394 g/mol. The Morgan fingerprint density at radius 1 is 1.38 bits per heavy atom. The molecule has 0 aromatic heterocycles. The van der Waals surface area contributed by atoms with Crippen LogP contribution in [0.2, 0.25) is 5.02 Å². The van der Waals surface area contributed by atoms with Crippen molar-refractivity contribution < 1.29 is 19.1 Å². The Morgan fingerprint density at radius 2 is 2.15 bits per heavy atom. The van der Waals surface area contributed by atoms with Crippen molar-refractivity contribution in [2.24, 2.45) is 4.99 Å². The van der Waals surface area contributed by atoms with E-state index in [9.17, 15) is 9.59 Å². The van der Waals surface area contributed by atoms with Crippen molar-refractivity contribution in [2.45, 2.75) is 25.1 Å². The van der Waals surface area contributed by atoms with E-state index in [2.05, 4.69) is 4.99 Å². The lowest BCUT2D eigenvalue weighted by atomic mass is 9.94. The fraction of sp³-hybridized carbons (Fsp3) is 0.389. The maximum Gasteiger partial charge on any atom is 0.338 e. The van der Waals surface area contributed by atoms with Crippen LogP contribution in [0.4, 0.5) is 0 Å². The third-order valence-corrected chi connectivity index (χ3v) is 5.45. The Hall–Kier alpha value is -1.83. The Morgan fingerprint density at radius 3 is 2.85 bits per heavy atom. The predicted molar refractivity (Wildman–Crippen MR) is 101 cm³/mol. The van der Waals surface area contributed by atoms with Gasteiger partial charge in [0.05, 0.1) is 29.2 Å². The lowest BCUT2D eigenvalue weighted by Crippen LogP contribution is -2.40. The summed E-state index contributed by atoms with van der Waals surface area (Å²) < 4.78 is 10.2. The van der Waals surface area contributed by atoms with E-state index in [1.54, 1.807) is 30.0 Å². The zero-order valence-electron chi connectivity index (χ0n) is 14.7. The van der Waals surface area contributed by atoms with Gasteiger partial charge >= 0.3 is 5.97 Å². The molecule has 138 valence electrons. The fourth-order valence-electron chi connectivity index (χ4n) is 2.95. The quantitative estimate of drug-likeness (QED) is 0.566. The second-order valence-corrected chi connectivity index (χ2v) is 7.69. The molecule has 3 rings (SSSR count). The van der Waals surface area contributed by atoms with E-state index in [-0.39, 0.29) is 17.8 Å². The van der Waals surface area contributed by atoms with E-state index >= 15 is 0 Å². The minimum Gasteiger partial charge on any atom is -0.460 e. The molecule has 1 aromatic carbocycles. The van der Waals surface area contributed by atoms with Crippen LogP contribution < -0.4 is 0 Å². The summed E-state index contributed by atoms with van der Waals surface area (Å²) in [5.74, 6) is -0.599. The SMILES string of the molecule is COCCOC(=O)C1=C(C)N=C2SC(C)C(=O)N2C1c1cccc(Cl)c1. The van der Waals surface area contributed by atoms with Gasteiger partial charge in [0.25, 0.3) is 0 Å². The van der Waals surface area contributed by atoms with Crippen LogP contribution >= 0.6 is 23.4 Å². The standard InChI is InChI=1S/C18H19ClN2O4S/c1-10-14(17(23)25-8-7-24-3)15(12-5-4-6-13(19)9-12)21-16(22)11(2)26-18(21)20-10/h4-6,9,11,15H,7-8H2,1-3H3. The van der Waals surface area contributed by atoms with Crippen LogP contribution in [0.25, 0.3) is 0 Å². The van der Waals surface area contributed by atoms with Gasteiger partial charge in [0, 0.05) is 12.1 Å². The number of benzene rings is 1.